The number of thioether (sulfide) groups is 1. The van der Waals surface area contributed by atoms with Gasteiger partial charge in [-0.05, 0) is 32.6 Å². The van der Waals surface area contributed by atoms with Crippen LogP contribution in [0, 0.1) is 0 Å². The van der Waals surface area contributed by atoms with Crippen molar-refractivity contribution in [1.29, 1.82) is 0 Å². The molecular weight excluding hydrogens is 166 g/mol. The Bertz CT molecular complexity index is 95.8. The second-order valence-electron chi connectivity index (χ2n) is 3.46. The van der Waals surface area contributed by atoms with E-state index < -0.39 is 0 Å². The Hall–Kier alpha value is 0.310. The number of nitrogens with one attached hydrogen (secondary N) is 1. The highest BCUT2D eigenvalue weighted by Crippen LogP contribution is 2.16. The molecule has 0 heterocycles. The molecule has 0 aromatic carbocycles. The molecule has 1 nitrogen and oxygen atoms in total. The van der Waals surface area contributed by atoms with E-state index in [1.54, 1.807) is 0 Å². The van der Waals surface area contributed by atoms with E-state index in [9.17, 15) is 0 Å². The maximum atomic E-state index is 3.27. The van der Waals surface area contributed by atoms with Crippen LogP contribution in [0.25, 0.3) is 0 Å². The zero-order chi connectivity index (χ0) is 9.40. The average Bonchev–Trinajstić information content (AvgIpc) is 2.05. The van der Waals surface area contributed by atoms with Crippen LogP contribution in [-0.2, 0) is 0 Å². The summed E-state index contributed by atoms with van der Waals surface area (Å²) in [7, 11) is 2.04. The minimum absolute atomic E-state index is 0.661. The van der Waals surface area contributed by atoms with Crippen LogP contribution >= 0.6 is 11.8 Å². The Morgan fingerprint density at radius 3 is 2.50 bits per heavy atom. The minimum atomic E-state index is 0.661. The molecule has 2 unspecified atom stereocenters. The van der Waals surface area contributed by atoms with Gasteiger partial charge in [0.25, 0.3) is 0 Å². The summed E-state index contributed by atoms with van der Waals surface area (Å²) in [5.41, 5.74) is 0. The van der Waals surface area contributed by atoms with Crippen LogP contribution < -0.4 is 5.32 Å². The van der Waals surface area contributed by atoms with Gasteiger partial charge in [-0.25, -0.2) is 0 Å². The van der Waals surface area contributed by atoms with Crippen molar-refractivity contribution in [2.45, 2.75) is 51.3 Å². The van der Waals surface area contributed by atoms with E-state index in [1.807, 2.05) is 7.05 Å². The first-order valence-electron chi connectivity index (χ1n) is 4.99. The lowest BCUT2D eigenvalue weighted by Crippen LogP contribution is -2.24. The minimum Gasteiger partial charge on any atom is -0.317 e. The zero-order valence-electron chi connectivity index (χ0n) is 8.89. The van der Waals surface area contributed by atoms with Gasteiger partial charge in [-0.2, -0.15) is 11.8 Å². The van der Waals surface area contributed by atoms with Crippen LogP contribution in [0.5, 0.6) is 0 Å². The van der Waals surface area contributed by atoms with Crippen LogP contribution in [0.2, 0.25) is 0 Å². The molecule has 0 spiro atoms. The first-order chi connectivity index (χ1) is 5.70. The number of unbranched alkanes of at least 4 members (excludes halogenated alkanes) is 1. The summed E-state index contributed by atoms with van der Waals surface area (Å²) in [5.74, 6) is 1.33. The maximum Gasteiger partial charge on any atom is 0.00461 e. The summed E-state index contributed by atoms with van der Waals surface area (Å²) in [6, 6.07) is 0.661. The third kappa shape index (κ3) is 6.99. The van der Waals surface area contributed by atoms with Gasteiger partial charge in [-0.1, -0.05) is 20.3 Å². The van der Waals surface area contributed by atoms with Crippen LogP contribution in [-0.4, -0.2) is 24.1 Å². The van der Waals surface area contributed by atoms with Crippen molar-refractivity contribution >= 4 is 11.8 Å². The van der Waals surface area contributed by atoms with Crippen molar-refractivity contribution in [2.75, 3.05) is 12.8 Å². The van der Waals surface area contributed by atoms with Crippen LogP contribution in [0.1, 0.15) is 40.0 Å². The fourth-order valence-electron chi connectivity index (χ4n) is 1.11. The number of rotatable bonds is 7. The molecule has 0 saturated heterocycles. The van der Waals surface area contributed by atoms with E-state index in [-0.39, 0.29) is 0 Å². The molecule has 1 N–H and O–H groups in total. The van der Waals surface area contributed by atoms with Gasteiger partial charge in [-0.3, -0.25) is 0 Å². The lowest BCUT2D eigenvalue weighted by Gasteiger charge is -2.15. The molecule has 2 heteroatoms. The quantitative estimate of drug-likeness (QED) is 0.618. The van der Waals surface area contributed by atoms with E-state index in [2.05, 4.69) is 37.8 Å². The second kappa shape index (κ2) is 7.93. The monoisotopic (exact) mass is 189 g/mol. The molecule has 0 bridgehead atoms. The molecule has 2 atom stereocenters. The SMILES string of the molecule is CCCCSC(C)CC(C)NC. The highest BCUT2D eigenvalue weighted by molar-refractivity contribution is 7.99. The summed E-state index contributed by atoms with van der Waals surface area (Å²) in [6.45, 7) is 6.83. The van der Waals surface area contributed by atoms with E-state index >= 15 is 0 Å². The first-order valence-corrected chi connectivity index (χ1v) is 6.04. The Labute approximate surface area is 81.7 Å². The van der Waals surface area contributed by atoms with Crippen LogP contribution in [0.3, 0.4) is 0 Å². The summed E-state index contributed by atoms with van der Waals surface area (Å²) in [4.78, 5) is 0. The molecule has 0 aromatic rings. The lowest BCUT2D eigenvalue weighted by molar-refractivity contribution is 0.564. The largest absolute Gasteiger partial charge is 0.317 e. The number of hydrogen-bond donors (Lipinski definition) is 1. The first kappa shape index (κ1) is 12.3. The molecule has 0 fully saturated rings. The summed E-state index contributed by atoms with van der Waals surface area (Å²) >= 11 is 2.10. The molecule has 0 amide bonds. The second-order valence-corrected chi connectivity index (χ2v) is 5.01. The molecule has 0 radical (unpaired) electrons. The third-order valence-electron chi connectivity index (χ3n) is 2.08. The van der Waals surface area contributed by atoms with Gasteiger partial charge in [0.05, 0.1) is 0 Å². The lowest BCUT2D eigenvalue weighted by atomic mass is 10.2. The van der Waals surface area contributed by atoms with Crippen molar-refractivity contribution in [1.82, 2.24) is 5.32 Å². The van der Waals surface area contributed by atoms with E-state index in [4.69, 9.17) is 0 Å². The van der Waals surface area contributed by atoms with Crippen molar-refractivity contribution in [2.24, 2.45) is 0 Å². The van der Waals surface area contributed by atoms with Crippen molar-refractivity contribution < 1.29 is 0 Å². The summed E-state index contributed by atoms with van der Waals surface area (Å²) in [5, 5.41) is 4.08. The van der Waals surface area contributed by atoms with Crippen molar-refractivity contribution in [3.63, 3.8) is 0 Å². The van der Waals surface area contributed by atoms with Crippen LogP contribution in [0.15, 0.2) is 0 Å². The normalized spacial score (nSPS) is 16.0. The van der Waals surface area contributed by atoms with E-state index in [0.717, 1.165) is 5.25 Å². The fourth-order valence-corrected chi connectivity index (χ4v) is 2.40. The van der Waals surface area contributed by atoms with Gasteiger partial charge in [-0.15, -0.1) is 0 Å². The Balaban J connectivity index is 3.26. The molecule has 0 saturated carbocycles. The highest BCUT2D eigenvalue weighted by Gasteiger charge is 2.06. The molecule has 0 aliphatic heterocycles. The van der Waals surface area contributed by atoms with E-state index in [0.29, 0.717) is 6.04 Å². The van der Waals surface area contributed by atoms with Gasteiger partial charge < -0.3 is 5.32 Å². The summed E-state index contributed by atoms with van der Waals surface area (Å²) < 4.78 is 0. The molecule has 0 aliphatic rings. The van der Waals surface area contributed by atoms with E-state index in [1.165, 1.54) is 25.0 Å². The Morgan fingerprint density at radius 2 is 2.00 bits per heavy atom. The highest BCUT2D eigenvalue weighted by atomic mass is 32.2. The fraction of sp³-hybridized carbons (Fsp3) is 1.00. The van der Waals surface area contributed by atoms with Gasteiger partial charge in [0.15, 0.2) is 0 Å². The van der Waals surface area contributed by atoms with Crippen molar-refractivity contribution in [3.05, 3.63) is 0 Å². The van der Waals surface area contributed by atoms with Gasteiger partial charge in [0.1, 0.15) is 0 Å². The molecule has 0 aliphatic carbocycles. The van der Waals surface area contributed by atoms with Gasteiger partial charge >= 0.3 is 0 Å². The Morgan fingerprint density at radius 1 is 1.33 bits per heavy atom. The molecule has 12 heavy (non-hydrogen) atoms. The average molecular weight is 189 g/mol. The Kier molecular flexibility index (Phi) is 8.14. The standard InChI is InChI=1S/C10H23NS/c1-5-6-7-12-10(3)8-9(2)11-4/h9-11H,5-8H2,1-4H3. The molecule has 0 rings (SSSR count). The predicted molar refractivity (Wildman–Crippen MR) is 60.0 cm³/mol. The number of hydrogen-bond acceptors (Lipinski definition) is 2. The van der Waals surface area contributed by atoms with Crippen LogP contribution in [0.4, 0.5) is 0 Å². The topological polar surface area (TPSA) is 12.0 Å². The summed E-state index contributed by atoms with van der Waals surface area (Å²) in [6.07, 6.45) is 3.97. The maximum absolute atomic E-state index is 3.27. The molecular formula is C10H23NS. The smallest absolute Gasteiger partial charge is 0.00461 e. The molecule has 74 valence electrons. The van der Waals surface area contributed by atoms with Gasteiger partial charge in [0.2, 0.25) is 0 Å². The van der Waals surface area contributed by atoms with Crippen molar-refractivity contribution in [3.8, 4) is 0 Å². The predicted octanol–water partition coefficient (Wildman–Crippen LogP) is 2.91. The molecule has 0 aromatic heterocycles. The van der Waals surface area contributed by atoms with Gasteiger partial charge in [0, 0.05) is 11.3 Å². The zero-order valence-corrected chi connectivity index (χ0v) is 9.71. The third-order valence-corrected chi connectivity index (χ3v) is 3.36.